The summed E-state index contributed by atoms with van der Waals surface area (Å²) in [7, 11) is -2.18. The van der Waals surface area contributed by atoms with Crippen molar-refractivity contribution in [1.29, 1.82) is 0 Å². The van der Waals surface area contributed by atoms with Crippen molar-refractivity contribution in [2.45, 2.75) is 0 Å². The quantitative estimate of drug-likeness (QED) is 0.240. The standard InChI is InChI=1S/BH3O6.3Na/c2-5-1(6-3)7-4;;;/h2-4H;;;/q;3*+1/p-3. The van der Waals surface area contributed by atoms with Gasteiger partial charge in [-0.15, -0.1) is 0 Å². The molecule has 0 aromatic heterocycles. The Morgan fingerprint density at radius 1 is 0.700 bits per heavy atom. The monoisotopic (exact) mass is 176 g/mol. The second-order valence-electron chi connectivity index (χ2n) is 0.577. The fraction of sp³-hybridized carbons (Fsp3) is 0. The van der Waals surface area contributed by atoms with Crippen LogP contribution in [0.4, 0.5) is 0 Å². The zero-order valence-corrected chi connectivity index (χ0v) is 12.0. The van der Waals surface area contributed by atoms with Crippen molar-refractivity contribution in [2.24, 2.45) is 0 Å². The first-order valence-corrected chi connectivity index (χ1v) is 1.21. The summed E-state index contributed by atoms with van der Waals surface area (Å²) in [6, 6.07) is 0. The average molecular weight is 176 g/mol. The maximum atomic E-state index is 8.94. The van der Waals surface area contributed by atoms with E-state index >= 15 is 0 Å². The topological polar surface area (TPSA) is 96.9 Å². The van der Waals surface area contributed by atoms with Gasteiger partial charge in [-0.05, 0) is 0 Å². The zero-order valence-electron chi connectivity index (χ0n) is 6.03. The maximum Gasteiger partial charge on any atom is 1.00 e. The van der Waals surface area contributed by atoms with Crippen LogP contribution in [0.25, 0.3) is 0 Å². The van der Waals surface area contributed by atoms with E-state index in [1.54, 1.807) is 0 Å². The Morgan fingerprint density at radius 2 is 0.900 bits per heavy atom. The van der Waals surface area contributed by atoms with Crippen molar-refractivity contribution in [3.05, 3.63) is 0 Å². The Balaban J connectivity index is -0.0000000600. The molecule has 0 aliphatic heterocycles. The van der Waals surface area contributed by atoms with E-state index < -0.39 is 7.32 Å². The van der Waals surface area contributed by atoms with Crippen LogP contribution >= 0.6 is 0 Å². The molecule has 0 aromatic rings. The molecule has 0 spiro atoms. The van der Waals surface area contributed by atoms with Crippen molar-refractivity contribution in [2.75, 3.05) is 0 Å². The van der Waals surface area contributed by atoms with Gasteiger partial charge in [-0.2, -0.15) is 0 Å². The molecule has 0 unspecified atom stereocenters. The minimum atomic E-state index is -2.18. The molecule has 0 radical (unpaired) electrons. The van der Waals surface area contributed by atoms with Crippen LogP contribution in [-0.2, 0) is 14.4 Å². The van der Waals surface area contributed by atoms with Gasteiger partial charge in [0.15, 0.2) is 0 Å². The summed E-state index contributed by atoms with van der Waals surface area (Å²) in [5.74, 6) is 0. The number of hydrogen-bond acceptors (Lipinski definition) is 6. The van der Waals surface area contributed by atoms with Crippen molar-refractivity contribution in [3.8, 4) is 0 Å². The first-order valence-electron chi connectivity index (χ1n) is 1.21. The molecule has 6 nitrogen and oxygen atoms in total. The Labute approximate surface area is 124 Å². The predicted molar refractivity (Wildman–Crippen MR) is 9.01 cm³/mol. The second kappa shape index (κ2) is 17.8. The minimum Gasteiger partial charge on any atom is -0.737 e. The zero-order chi connectivity index (χ0) is 5.70. The van der Waals surface area contributed by atoms with Crippen LogP contribution in [0.3, 0.4) is 0 Å². The molecular weight excluding hydrogens is 176 g/mol. The Morgan fingerprint density at radius 3 is 0.900 bits per heavy atom. The SMILES string of the molecule is [Na+].[Na+].[Na+].[O-]OB(O[O-])O[O-]. The van der Waals surface area contributed by atoms with E-state index in [1.165, 1.54) is 0 Å². The molecule has 0 atom stereocenters. The minimum absolute atomic E-state index is 0. The molecule has 0 aliphatic carbocycles. The van der Waals surface area contributed by atoms with Gasteiger partial charge in [-0.25, -0.2) is 0 Å². The molecule has 0 aliphatic rings. The molecule has 0 bridgehead atoms. The van der Waals surface area contributed by atoms with Gasteiger partial charge in [0.25, 0.3) is 0 Å². The van der Waals surface area contributed by atoms with Gasteiger partial charge in [-0.1, -0.05) is 0 Å². The van der Waals surface area contributed by atoms with Crippen molar-refractivity contribution in [3.63, 3.8) is 0 Å². The normalized spacial score (nSPS) is 6.30. The van der Waals surface area contributed by atoms with E-state index in [0.29, 0.717) is 0 Å². The van der Waals surface area contributed by atoms with Gasteiger partial charge in [-0.3, -0.25) is 0 Å². The van der Waals surface area contributed by atoms with Gasteiger partial charge in [0.1, 0.15) is 0 Å². The van der Waals surface area contributed by atoms with E-state index in [-0.39, 0.29) is 88.7 Å². The summed E-state index contributed by atoms with van der Waals surface area (Å²) >= 11 is 0. The molecule has 42 valence electrons. The number of hydrogen-bond donors (Lipinski definition) is 0. The Bertz CT molecular complexity index is 34.5. The van der Waals surface area contributed by atoms with Gasteiger partial charge < -0.3 is 30.2 Å². The van der Waals surface area contributed by atoms with E-state index in [2.05, 4.69) is 14.4 Å². The van der Waals surface area contributed by atoms with E-state index in [0.717, 1.165) is 0 Å². The van der Waals surface area contributed by atoms with E-state index in [1.807, 2.05) is 0 Å². The van der Waals surface area contributed by atoms with Gasteiger partial charge >= 0.3 is 96.0 Å². The summed E-state index contributed by atoms with van der Waals surface area (Å²) in [6.45, 7) is 0. The van der Waals surface area contributed by atoms with Crippen LogP contribution in [0.2, 0.25) is 0 Å². The molecule has 0 heterocycles. The summed E-state index contributed by atoms with van der Waals surface area (Å²) in [6.07, 6.45) is 0. The molecule has 0 N–H and O–H groups in total. The molecule has 0 rings (SSSR count). The van der Waals surface area contributed by atoms with Crippen LogP contribution in [0.15, 0.2) is 0 Å². The molecular formula is BNa3O6. The first-order chi connectivity index (χ1) is 3.35. The van der Waals surface area contributed by atoms with E-state index in [4.69, 9.17) is 15.8 Å². The van der Waals surface area contributed by atoms with Crippen LogP contribution in [-0.4, -0.2) is 7.32 Å². The summed E-state index contributed by atoms with van der Waals surface area (Å²) in [5.41, 5.74) is 0. The summed E-state index contributed by atoms with van der Waals surface area (Å²) in [4.78, 5) is 8.19. The molecule has 0 saturated carbocycles. The van der Waals surface area contributed by atoms with Crippen LogP contribution < -0.4 is 104 Å². The van der Waals surface area contributed by atoms with Crippen LogP contribution in [0, 0.1) is 0 Å². The molecule has 0 aromatic carbocycles. The number of rotatable bonds is 3. The molecule has 0 amide bonds. The third-order valence-corrected chi connectivity index (χ3v) is 0.236. The maximum absolute atomic E-state index is 8.94. The average Bonchev–Trinajstić information content (AvgIpc) is 1.72. The van der Waals surface area contributed by atoms with Crippen LogP contribution in [0.5, 0.6) is 0 Å². The van der Waals surface area contributed by atoms with Crippen molar-refractivity contribution >= 4 is 7.32 Å². The molecule has 0 saturated heterocycles. The second-order valence-corrected chi connectivity index (χ2v) is 0.577. The summed E-state index contributed by atoms with van der Waals surface area (Å²) in [5, 5.41) is 26.8. The Hall–Kier alpha value is 2.82. The van der Waals surface area contributed by atoms with Gasteiger partial charge in [0, 0.05) is 0 Å². The predicted octanol–water partition coefficient (Wildman–Crippen LogP) is -13.1. The fourth-order valence-electron chi connectivity index (χ4n) is 0.0481. The smallest absolute Gasteiger partial charge is 0.737 e. The Kier molecular flexibility index (Phi) is 41.0. The first kappa shape index (κ1) is 23.0. The van der Waals surface area contributed by atoms with Gasteiger partial charge in [0.05, 0.1) is 0 Å². The third-order valence-electron chi connectivity index (χ3n) is 0.236. The largest absolute Gasteiger partial charge is 1.00 e. The molecule has 10 heavy (non-hydrogen) atoms. The van der Waals surface area contributed by atoms with Crippen molar-refractivity contribution in [1.82, 2.24) is 0 Å². The fourth-order valence-corrected chi connectivity index (χ4v) is 0.0481. The van der Waals surface area contributed by atoms with Gasteiger partial charge in [0.2, 0.25) is 0 Å². The van der Waals surface area contributed by atoms with E-state index in [9.17, 15) is 0 Å². The van der Waals surface area contributed by atoms with Crippen molar-refractivity contribution < 1.29 is 119 Å². The third kappa shape index (κ3) is 13.4. The molecule has 10 heteroatoms. The van der Waals surface area contributed by atoms with Crippen LogP contribution in [0.1, 0.15) is 0 Å². The molecule has 0 fully saturated rings. The summed E-state index contributed by atoms with van der Waals surface area (Å²) < 4.78 is 0.